The molecule has 0 unspecified atom stereocenters. The molecule has 3 nitrogen and oxygen atoms in total. The lowest BCUT2D eigenvalue weighted by atomic mass is 10.0. The molecule has 0 heterocycles. The number of nitrogens with two attached hydrogens (primary N) is 1. The van der Waals surface area contributed by atoms with E-state index in [9.17, 15) is 5.26 Å². The second-order valence-corrected chi connectivity index (χ2v) is 6.00. The maximum absolute atomic E-state index is 9.26. The molecule has 4 heteroatoms. The molecule has 2 rings (SSSR count). The number of ether oxygens (including phenoxy) is 1. The molecule has 0 radical (unpaired) electrons. The molecule has 0 spiro atoms. The highest BCUT2D eigenvalue weighted by Crippen LogP contribution is 2.34. The molecule has 2 aromatic carbocycles. The SMILES string of the molecule is CC(C)c1cc(Br)ccc1Oc1ccc(CN)cc1C#N. The molecular weight excluding hydrogens is 328 g/mol. The van der Waals surface area contributed by atoms with Gasteiger partial charge in [0.05, 0.1) is 5.56 Å². The van der Waals surface area contributed by atoms with E-state index in [1.165, 1.54) is 0 Å². The van der Waals surface area contributed by atoms with Crippen LogP contribution in [0.3, 0.4) is 0 Å². The van der Waals surface area contributed by atoms with Gasteiger partial charge in [0.2, 0.25) is 0 Å². The van der Waals surface area contributed by atoms with Crippen LogP contribution in [-0.4, -0.2) is 0 Å². The van der Waals surface area contributed by atoms with Crippen LogP contribution in [0.2, 0.25) is 0 Å². The molecule has 0 aliphatic heterocycles. The zero-order chi connectivity index (χ0) is 15.4. The van der Waals surface area contributed by atoms with Gasteiger partial charge >= 0.3 is 0 Å². The predicted octanol–water partition coefficient (Wildman–Crippen LogP) is 4.70. The fourth-order valence-corrected chi connectivity index (χ4v) is 2.44. The number of nitrogens with zero attached hydrogens (tertiary/aromatic N) is 1. The minimum Gasteiger partial charge on any atom is -0.456 e. The van der Waals surface area contributed by atoms with Gasteiger partial charge in [-0.05, 0) is 47.4 Å². The van der Waals surface area contributed by atoms with Gasteiger partial charge in [-0.3, -0.25) is 0 Å². The van der Waals surface area contributed by atoms with Gasteiger partial charge in [0.25, 0.3) is 0 Å². The van der Waals surface area contributed by atoms with Crippen LogP contribution in [-0.2, 0) is 6.54 Å². The molecule has 0 aromatic heterocycles. The quantitative estimate of drug-likeness (QED) is 0.874. The Hall–Kier alpha value is -1.83. The summed E-state index contributed by atoms with van der Waals surface area (Å²) in [7, 11) is 0. The molecule has 108 valence electrons. The summed E-state index contributed by atoms with van der Waals surface area (Å²) in [5.41, 5.74) is 8.11. The lowest BCUT2D eigenvalue weighted by Gasteiger charge is -2.15. The van der Waals surface area contributed by atoms with Gasteiger partial charge in [-0.2, -0.15) is 5.26 Å². The Bertz CT molecular complexity index is 690. The largest absolute Gasteiger partial charge is 0.456 e. The van der Waals surface area contributed by atoms with E-state index in [0.29, 0.717) is 23.8 Å². The van der Waals surface area contributed by atoms with Gasteiger partial charge < -0.3 is 10.5 Å². The molecule has 0 amide bonds. The average molecular weight is 345 g/mol. The first-order valence-electron chi connectivity index (χ1n) is 6.75. The maximum atomic E-state index is 9.26. The molecule has 0 bridgehead atoms. The van der Waals surface area contributed by atoms with Crippen LogP contribution in [0, 0.1) is 11.3 Å². The van der Waals surface area contributed by atoms with Crippen LogP contribution in [0.5, 0.6) is 11.5 Å². The Morgan fingerprint density at radius 2 is 1.90 bits per heavy atom. The summed E-state index contributed by atoms with van der Waals surface area (Å²) < 4.78 is 6.97. The van der Waals surface area contributed by atoms with Crippen molar-refractivity contribution in [3.63, 3.8) is 0 Å². The van der Waals surface area contributed by atoms with E-state index < -0.39 is 0 Å². The molecule has 0 saturated carbocycles. The molecule has 0 aliphatic rings. The van der Waals surface area contributed by atoms with Gasteiger partial charge in [-0.15, -0.1) is 0 Å². The molecular formula is C17H17BrN2O. The predicted molar refractivity (Wildman–Crippen MR) is 87.4 cm³/mol. The van der Waals surface area contributed by atoms with Crippen molar-refractivity contribution in [2.75, 3.05) is 0 Å². The highest BCUT2D eigenvalue weighted by Gasteiger charge is 2.12. The topological polar surface area (TPSA) is 59.0 Å². The second-order valence-electron chi connectivity index (χ2n) is 5.09. The zero-order valence-corrected chi connectivity index (χ0v) is 13.6. The monoisotopic (exact) mass is 344 g/mol. The minimum atomic E-state index is 0.325. The number of hydrogen-bond donors (Lipinski definition) is 1. The maximum Gasteiger partial charge on any atom is 0.145 e. The normalized spacial score (nSPS) is 10.5. The lowest BCUT2D eigenvalue weighted by molar-refractivity contribution is 0.471. The van der Waals surface area contributed by atoms with Crippen LogP contribution < -0.4 is 10.5 Å². The Balaban J connectivity index is 2.41. The summed E-state index contributed by atoms with van der Waals surface area (Å²) in [5, 5.41) is 9.26. The first kappa shape index (κ1) is 15.6. The van der Waals surface area contributed by atoms with Gasteiger partial charge in [0.1, 0.15) is 17.6 Å². The highest BCUT2D eigenvalue weighted by molar-refractivity contribution is 9.10. The summed E-state index contributed by atoms with van der Waals surface area (Å²) in [4.78, 5) is 0. The minimum absolute atomic E-state index is 0.325. The summed E-state index contributed by atoms with van der Waals surface area (Å²) in [5.74, 6) is 1.65. The van der Waals surface area contributed by atoms with E-state index >= 15 is 0 Å². The summed E-state index contributed by atoms with van der Waals surface area (Å²) >= 11 is 3.48. The van der Waals surface area contributed by atoms with E-state index in [-0.39, 0.29) is 0 Å². The second kappa shape index (κ2) is 6.75. The number of hydrogen-bond acceptors (Lipinski definition) is 3. The molecule has 0 atom stereocenters. The molecule has 0 saturated heterocycles. The third-order valence-electron chi connectivity index (χ3n) is 3.21. The number of halogens is 1. The number of benzene rings is 2. The molecule has 2 aromatic rings. The van der Waals surface area contributed by atoms with Gasteiger partial charge in [0.15, 0.2) is 0 Å². The third kappa shape index (κ3) is 3.63. The van der Waals surface area contributed by atoms with E-state index in [4.69, 9.17) is 10.5 Å². The number of rotatable bonds is 4. The Morgan fingerprint density at radius 1 is 1.19 bits per heavy atom. The van der Waals surface area contributed by atoms with Gasteiger partial charge in [-0.25, -0.2) is 0 Å². The van der Waals surface area contributed by atoms with Crippen molar-refractivity contribution in [2.24, 2.45) is 5.73 Å². The molecule has 0 aliphatic carbocycles. The van der Waals surface area contributed by atoms with Crippen molar-refractivity contribution in [1.82, 2.24) is 0 Å². The van der Waals surface area contributed by atoms with E-state index in [1.807, 2.05) is 24.3 Å². The zero-order valence-electron chi connectivity index (χ0n) is 12.1. The Labute approximate surface area is 133 Å². The van der Waals surface area contributed by atoms with Crippen LogP contribution in [0.15, 0.2) is 40.9 Å². The fraction of sp³-hybridized carbons (Fsp3) is 0.235. The van der Waals surface area contributed by atoms with Gasteiger partial charge in [0, 0.05) is 11.0 Å². The summed E-state index contributed by atoms with van der Waals surface area (Å²) in [6, 6.07) is 13.5. The molecule has 2 N–H and O–H groups in total. The van der Waals surface area contributed by atoms with E-state index in [2.05, 4.69) is 35.8 Å². The van der Waals surface area contributed by atoms with Crippen LogP contribution in [0.1, 0.15) is 36.5 Å². The first-order chi connectivity index (χ1) is 10.0. The lowest BCUT2D eigenvalue weighted by Crippen LogP contribution is -1.99. The smallest absolute Gasteiger partial charge is 0.145 e. The fourth-order valence-electron chi connectivity index (χ4n) is 2.06. The van der Waals surface area contributed by atoms with Crippen molar-refractivity contribution in [2.45, 2.75) is 26.3 Å². The average Bonchev–Trinajstić information content (AvgIpc) is 2.49. The Kier molecular flexibility index (Phi) is 5.00. The Morgan fingerprint density at radius 3 is 2.52 bits per heavy atom. The highest BCUT2D eigenvalue weighted by atomic mass is 79.9. The van der Waals surface area contributed by atoms with Crippen LogP contribution in [0.4, 0.5) is 0 Å². The van der Waals surface area contributed by atoms with Crippen molar-refractivity contribution in [3.8, 4) is 17.6 Å². The molecule has 0 fully saturated rings. The van der Waals surface area contributed by atoms with Crippen molar-refractivity contribution >= 4 is 15.9 Å². The standard InChI is InChI=1S/C17H17BrN2O/c1-11(2)15-8-14(18)4-6-17(15)21-16-5-3-12(9-19)7-13(16)10-20/h3-8,11H,9,19H2,1-2H3. The summed E-state index contributed by atoms with van der Waals surface area (Å²) in [6.45, 7) is 4.62. The van der Waals surface area contributed by atoms with Crippen molar-refractivity contribution < 1.29 is 4.74 Å². The van der Waals surface area contributed by atoms with Gasteiger partial charge in [-0.1, -0.05) is 35.8 Å². The number of nitriles is 1. The van der Waals surface area contributed by atoms with E-state index in [0.717, 1.165) is 21.3 Å². The van der Waals surface area contributed by atoms with E-state index in [1.54, 1.807) is 12.1 Å². The van der Waals surface area contributed by atoms with Crippen molar-refractivity contribution in [3.05, 3.63) is 57.6 Å². The molecule has 21 heavy (non-hydrogen) atoms. The first-order valence-corrected chi connectivity index (χ1v) is 7.55. The third-order valence-corrected chi connectivity index (χ3v) is 3.71. The van der Waals surface area contributed by atoms with Crippen LogP contribution in [0.25, 0.3) is 0 Å². The summed E-state index contributed by atoms with van der Waals surface area (Å²) in [6.07, 6.45) is 0. The van der Waals surface area contributed by atoms with Crippen molar-refractivity contribution in [1.29, 1.82) is 5.26 Å². The van der Waals surface area contributed by atoms with Crippen LogP contribution >= 0.6 is 15.9 Å².